The number of nitrogens with two attached hydrogens (primary N) is 1. The van der Waals surface area contributed by atoms with E-state index in [0.717, 1.165) is 44.2 Å². The molecule has 6 nitrogen and oxygen atoms in total. The molecule has 7 heteroatoms. The number of thiazole rings is 1. The highest BCUT2D eigenvalue weighted by Crippen LogP contribution is 2.30. The lowest BCUT2D eigenvalue weighted by atomic mass is 10.2. The van der Waals surface area contributed by atoms with Crippen LogP contribution < -0.4 is 10.6 Å². The molecule has 21 heavy (non-hydrogen) atoms. The molecule has 0 aliphatic carbocycles. The van der Waals surface area contributed by atoms with Crippen molar-refractivity contribution in [2.45, 2.75) is 25.7 Å². The van der Waals surface area contributed by atoms with Crippen molar-refractivity contribution in [3.63, 3.8) is 0 Å². The van der Waals surface area contributed by atoms with Crippen LogP contribution in [0, 0.1) is 0 Å². The lowest BCUT2D eigenvalue weighted by Crippen LogP contribution is -2.36. The van der Waals surface area contributed by atoms with Crippen molar-refractivity contribution in [2.75, 3.05) is 50.0 Å². The molecule has 0 aromatic carbocycles. The third-order valence-electron chi connectivity index (χ3n) is 4.01. The molecule has 1 aromatic rings. The molecule has 0 atom stereocenters. The highest BCUT2D eigenvalue weighted by molar-refractivity contribution is 7.18. The number of hydrogen-bond acceptors (Lipinski definition) is 6. The minimum atomic E-state index is 0.0476. The van der Waals surface area contributed by atoms with Crippen LogP contribution in [0.1, 0.15) is 35.4 Å². The SMILES string of the molecule is Nc1nc(N2CCOCC2)sc1C(=O)N1CCCCCC1. The van der Waals surface area contributed by atoms with Gasteiger partial charge >= 0.3 is 0 Å². The lowest BCUT2D eigenvalue weighted by Gasteiger charge is -2.26. The van der Waals surface area contributed by atoms with Crippen LogP contribution in [-0.4, -0.2) is 55.2 Å². The topological polar surface area (TPSA) is 71.7 Å². The van der Waals surface area contributed by atoms with Crippen LogP contribution in [0.3, 0.4) is 0 Å². The van der Waals surface area contributed by atoms with E-state index in [1.165, 1.54) is 24.2 Å². The van der Waals surface area contributed by atoms with Gasteiger partial charge in [-0.25, -0.2) is 4.98 Å². The quantitative estimate of drug-likeness (QED) is 0.898. The standard InChI is InChI=1S/C14H22N4O2S/c15-12-11(13(19)17-5-3-1-2-4-6-17)21-14(16-12)18-7-9-20-10-8-18/h1-10,15H2. The number of rotatable bonds is 2. The van der Waals surface area contributed by atoms with E-state index in [4.69, 9.17) is 10.5 Å². The molecule has 3 rings (SSSR count). The van der Waals surface area contributed by atoms with Crippen LogP contribution in [0.4, 0.5) is 10.9 Å². The molecule has 1 aromatic heterocycles. The third-order valence-corrected chi connectivity index (χ3v) is 5.13. The third kappa shape index (κ3) is 3.29. The summed E-state index contributed by atoms with van der Waals surface area (Å²) < 4.78 is 5.34. The maximum atomic E-state index is 12.6. The Morgan fingerprint density at radius 2 is 1.76 bits per heavy atom. The lowest BCUT2D eigenvalue weighted by molar-refractivity contribution is 0.0767. The molecule has 0 bridgehead atoms. The minimum Gasteiger partial charge on any atom is -0.382 e. The van der Waals surface area contributed by atoms with Crippen molar-refractivity contribution in [1.82, 2.24) is 9.88 Å². The monoisotopic (exact) mass is 310 g/mol. The van der Waals surface area contributed by atoms with Crippen molar-refractivity contribution in [1.29, 1.82) is 0 Å². The van der Waals surface area contributed by atoms with Crippen molar-refractivity contribution < 1.29 is 9.53 Å². The highest BCUT2D eigenvalue weighted by Gasteiger charge is 2.25. The first-order valence-electron chi connectivity index (χ1n) is 7.64. The zero-order chi connectivity index (χ0) is 14.7. The summed E-state index contributed by atoms with van der Waals surface area (Å²) in [5.74, 6) is 0.419. The molecule has 0 saturated carbocycles. The van der Waals surface area contributed by atoms with Crippen LogP contribution in [0.15, 0.2) is 0 Å². The maximum absolute atomic E-state index is 12.6. The Balaban J connectivity index is 1.74. The van der Waals surface area contributed by atoms with Gasteiger partial charge < -0.3 is 20.3 Å². The molecule has 0 radical (unpaired) electrons. The summed E-state index contributed by atoms with van der Waals surface area (Å²) in [6, 6.07) is 0. The number of nitrogens with zero attached hydrogens (tertiary/aromatic N) is 3. The predicted molar refractivity (Wildman–Crippen MR) is 83.9 cm³/mol. The fourth-order valence-electron chi connectivity index (χ4n) is 2.78. The van der Waals surface area contributed by atoms with E-state index in [1.54, 1.807) is 0 Å². The summed E-state index contributed by atoms with van der Waals surface area (Å²) in [7, 11) is 0. The van der Waals surface area contributed by atoms with E-state index < -0.39 is 0 Å². The Labute approximate surface area is 128 Å². The minimum absolute atomic E-state index is 0.0476. The largest absolute Gasteiger partial charge is 0.382 e. The van der Waals surface area contributed by atoms with Crippen molar-refractivity contribution in [3.8, 4) is 0 Å². The van der Waals surface area contributed by atoms with Gasteiger partial charge in [0.25, 0.3) is 5.91 Å². The van der Waals surface area contributed by atoms with Gasteiger partial charge in [0.05, 0.1) is 13.2 Å². The van der Waals surface area contributed by atoms with Gasteiger partial charge in [0, 0.05) is 26.2 Å². The number of anilines is 2. The molecule has 2 aliphatic heterocycles. The smallest absolute Gasteiger partial charge is 0.267 e. The molecule has 0 unspecified atom stereocenters. The van der Waals surface area contributed by atoms with Gasteiger partial charge in [-0.05, 0) is 12.8 Å². The fourth-order valence-corrected chi connectivity index (χ4v) is 3.79. The van der Waals surface area contributed by atoms with Crippen molar-refractivity contribution in [3.05, 3.63) is 4.88 Å². The Morgan fingerprint density at radius 1 is 1.10 bits per heavy atom. The number of carbonyl (C=O) groups is 1. The van der Waals surface area contributed by atoms with E-state index in [9.17, 15) is 4.79 Å². The molecule has 2 aliphatic rings. The fraction of sp³-hybridized carbons (Fsp3) is 0.714. The number of likely N-dealkylation sites (tertiary alicyclic amines) is 1. The summed E-state index contributed by atoms with van der Waals surface area (Å²) in [5.41, 5.74) is 5.99. The highest BCUT2D eigenvalue weighted by atomic mass is 32.1. The average molecular weight is 310 g/mol. The van der Waals surface area contributed by atoms with Gasteiger partial charge in [-0.3, -0.25) is 4.79 Å². The molecule has 2 saturated heterocycles. The second kappa shape index (κ2) is 6.62. The van der Waals surface area contributed by atoms with Gasteiger partial charge in [0.1, 0.15) is 10.7 Å². The second-order valence-corrected chi connectivity index (χ2v) is 6.49. The molecule has 1 amide bonds. The Hall–Kier alpha value is -1.34. The average Bonchev–Trinajstić information content (AvgIpc) is 2.74. The number of ether oxygens (including phenoxy) is 1. The summed E-state index contributed by atoms with van der Waals surface area (Å²) in [6.45, 7) is 4.70. The van der Waals surface area contributed by atoms with Crippen LogP contribution in [0.5, 0.6) is 0 Å². The van der Waals surface area contributed by atoms with E-state index in [-0.39, 0.29) is 5.91 Å². The van der Waals surface area contributed by atoms with Crippen molar-refractivity contribution >= 4 is 28.2 Å². The van der Waals surface area contributed by atoms with E-state index >= 15 is 0 Å². The Bertz CT molecular complexity index is 491. The molecule has 2 N–H and O–H groups in total. The van der Waals surface area contributed by atoms with Gasteiger partial charge in [-0.1, -0.05) is 24.2 Å². The summed E-state index contributed by atoms with van der Waals surface area (Å²) in [5, 5.41) is 0.842. The molecule has 3 heterocycles. The summed E-state index contributed by atoms with van der Waals surface area (Å²) >= 11 is 1.42. The molecular weight excluding hydrogens is 288 g/mol. The first kappa shape index (κ1) is 14.6. The zero-order valence-electron chi connectivity index (χ0n) is 12.2. The number of morpholine rings is 1. The van der Waals surface area contributed by atoms with Gasteiger partial charge in [0.2, 0.25) is 0 Å². The first-order chi connectivity index (χ1) is 10.3. The van der Waals surface area contributed by atoms with E-state index in [0.29, 0.717) is 23.9 Å². The molecule has 116 valence electrons. The van der Waals surface area contributed by atoms with Crippen molar-refractivity contribution in [2.24, 2.45) is 0 Å². The first-order valence-corrected chi connectivity index (χ1v) is 8.45. The summed E-state index contributed by atoms with van der Waals surface area (Å²) in [6.07, 6.45) is 4.59. The number of nitrogen functional groups attached to an aromatic ring is 1. The molecule has 2 fully saturated rings. The summed E-state index contributed by atoms with van der Waals surface area (Å²) in [4.78, 5) is 21.7. The maximum Gasteiger partial charge on any atom is 0.267 e. The van der Waals surface area contributed by atoms with E-state index in [1.807, 2.05) is 4.90 Å². The Morgan fingerprint density at radius 3 is 2.43 bits per heavy atom. The molecular formula is C14H22N4O2S. The van der Waals surface area contributed by atoms with Gasteiger partial charge in [0.15, 0.2) is 5.13 Å². The van der Waals surface area contributed by atoms with E-state index in [2.05, 4.69) is 9.88 Å². The number of aromatic nitrogens is 1. The second-order valence-electron chi connectivity index (χ2n) is 5.52. The van der Waals surface area contributed by atoms with Gasteiger partial charge in [-0.2, -0.15) is 0 Å². The predicted octanol–water partition coefficient (Wildman–Crippen LogP) is 1.58. The normalized spacial score (nSPS) is 20.4. The number of hydrogen-bond donors (Lipinski definition) is 1. The van der Waals surface area contributed by atoms with Crippen LogP contribution >= 0.6 is 11.3 Å². The van der Waals surface area contributed by atoms with Crippen LogP contribution in [0.2, 0.25) is 0 Å². The molecule has 0 spiro atoms. The number of amides is 1. The Kier molecular flexibility index (Phi) is 4.60. The van der Waals surface area contributed by atoms with Crippen LogP contribution in [-0.2, 0) is 4.74 Å². The zero-order valence-corrected chi connectivity index (χ0v) is 13.0. The number of carbonyl (C=O) groups excluding carboxylic acids is 1. The van der Waals surface area contributed by atoms with Gasteiger partial charge in [-0.15, -0.1) is 0 Å². The van der Waals surface area contributed by atoms with Crippen LogP contribution in [0.25, 0.3) is 0 Å².